The third kappa shape index (κ3) is 9.53. The van der Waals surface area contributed by atoms with Crippen molar-refractivity contribution in [2.45, 2.75) is 13.8 Å². The predicted octanol–water partition coefficient (Wildman–Crippen LogP) is 7.37. The van der Waals surface area contributed by atoms with E-state index in [2.05, 4.69) is 35.5 Å². The summed E-state index contributed by atoms with van der Waals surface area (Å²) < 4.78 is 0. The molecule has 0 bridgehead atoms. The van der Waals surface area contributed by atoms with Crippen molar-refractivity contribution in [3.63, 3.8) is 0 Å². The second-order valence-electron chi connectivity index (χ2n) is 10.3. The Morgan fingerprint density at radius 3 is 1.15 bits per heavy atom. The maximum absolute atomic E-state index is 11.9. The first-order valence-electron chi connectivity index (χ1n) is 14.6. The van der Waals surface area contributed by atoms with Gasteiger partial charge in [-0.05, 0) is 80.6 Å². The lowest BCUT2D eigenvalue weighted by atomic mass is 9.96. The van der Waals surface area contributed by atoms with Crippen molar-refractivity contribution in [2.24, 2.45) is 0 Å². The minimum Gasteiger partial charge on any atom is -0.478 e. The minimum atomic E-state index is -1.17. The van der Waals surface area contributed by atoms with E-state index in [1.54, 1.807) is 6.07 Å². The van der Waals surface area contributed by atoms with E-state index in [0.29, 0.717) is 16.7 Å². The number of hydrogen-bond acceptors (Lipinski definition) is 4. The smallest absolute Gasteiger partial charge is 0.336 e. The molecule has 0 heterocycles. The molecule has 6 heteroatoms. The molecular formula is C42H28O6. The highest BCUT2D eigenvalue weighted by Crippen LogP contribution is 2.18. The largest absolute Gasteiger partial charge is 0.478 e. The van der Waals surface area contributed by atoms with Gasteiger partial charge in [0, 0.05) is 44.5 Å². The number of benzene rings is 5. The van der Waals surface area contributed by atoms with E-state index >= 15 is 0 Å². The van der Waals surface area contributed by atoms with Crippen LogP contribution in [0.1, 0.15) is 88.7 Å². The van der Waals surface area contributed by atoms with Crippen molar-refractivity contribution in [3.05, 3.63) is 177 Å². The maximum atomic E-state index is 11.9. The fourth-order valence-electron chi connectivity index (χ4n) is 4.37. The van der Waals surface area contributed by atoms with Gasteiger partial charge in [-0.15, -0.1) is 0 Å². The quantitative estimate of drug-likeness (QED) is 0.159. The first-order chi connectivity index (χ1) is 23.1. The Morgan fingerprint density at radius 2 is 0.750 bits per heavy atom. The molecule has 2 N–H and O–H groups in total. The van der Waals surface area contributed by atoms with E-state index < -0.39 is 11.9 Å². The highest BCUT2D eigenvalue weighted by atomic mass is 16.4. The summed E-state index contributed by atoms with van der Waals surface area (Å²) >= 11 is 0. The molecule has 0 radical (unpaired) electrons. The lowest BCUT2D eigenvalue weighted by molar-refractivity contribution is 0.0683. The summed E-state index contributed by atoms with van der Waals surface area (Å²) in [4.78, 5) is 46.1. The summed E-state index contributed by atoms with van der Waals surface area (Å²) in [6, 6.07) is 35.7. The molecule has 0 aliphatic carbocycles. The normalized spacial score (nSPS) is 9.46. The van der Waals surface area contributed by atoms with Crippen molar-refractivity contribution in [1.82, 2.24) is 0 Å². The van der Waals surface area contributed by atoms with Crippen LogP contribution in [0.15, 0.2) is 121 Å². The van der Waals surface area contributed by atoms with E-state index in [0.717, 1.165) is 16.7 Å². The monoisotopic (exact) mass is 628 g/mol. The van der Waals surface area contributed by atoms with Crippen LogP contribution in [0.4, 0.5) is 0 Å². The standard InChI is InChI=1S/C25H16O3.C17H12O3/c1-18(26)23-16-21(14-12-19-8-4-2-5-9-19)22(17-24(23)25(27)28)15-13-20-10-6-3-7-11-20;1-12(18)15-10-9-14(11-16(15)17(19)20)8-7-13-5-3-2-4-6-13/h2-11,16-17H,1H3,(H,27,28);2-6,9-11H,1H3,(H,19,20). The molecule has 5 aromatic carbocycles. The van der Waals surface area contributed by atoms with Crippen molar-refractivity contribution in [3.8, 4) is 35.5 Å². The van der Waals surface area contributed by atoms with Crippen LogP contribution in [-0.4, -0.2) is 33.7 Å². The molecule has 0 amide bonds. The molecule has 0 unspecified atom stereocenters. The van der Waals surface area contributed by atoms with Crippen LogP contribution in [0.2, 0.25) is 0 Å². The Labute approximate surface area is 278 Å². The third-order valence-corrected chi connectivity index (χ3v) is 6.75. The van der Waals surface area contributed by atoms with Gasteiger partial charge in [0.1, 0.15) is 0 Å². The second-order valence-corrected chi connectivity index (χ2v) is 10.3. The fourth-order valence-corrected chi connectivity index (χ4v) is 4.37. The number of ketones is 2. The van der Waals surface area contributed by atoms with Crippen molar-refractivity contribution in [1.29, 1.82) is 0 Å². The Balaban J connectivity index is 0.000000229. The topological polar surface area (TPSA) is 109 Å². The van der Waals surface area contributed by atoms with Crippen LogP contribution in [0, 0.1) is 35.5 Å². The van der Waals surface area contributed by atoms with Crippen LogP contribution in [0.25, 0.3) is 0 Å². The van der Waals surface area contributed by atoms with Crippen molar-refractivity contribution in [2.75, 3.05) is 0 Å². The van der Waals surface area contributed by atoms with Gasteiger partial charge in [0.2, 0.25) is 0 Å². The van der Waals surface area contributed by atoms with Crippen LogP contribution in [-0.2, 0) is 0 Å². The van der Waals surface area contributed by atoms with Crippen LogP contribution < -0.4 is 0 Å². The van der Waals surface area contributed by atoms with E-state index in [9.17, 15) is 24.3 Å². The van der Waals surface area contributed by atoms with Gasteiger partial charge in [-0.1, -0.05) is 90.1 Å². The third-order valence-electron chi connectivity index (χ3n) is 6.75. The zero-order valence-corrected chi connectivity index (χ0v) is 26.1. The van der Waals surface area contributed by atoms with Gasteiger partial charge in [0.05, 0.1) is 11.1 Å². The molecule has 232 valence electrons. The molecule has 5 aromatic rings. The summed E-state index contributed by atoms with van der Waals surface area (Å²) in [6.07, 6.45) is 0. The average molecular weight is 629 g/mol. The van der Waals surface area contributed by atoms with Crippen LogP contribution in [0.5, 0.6) is 0 Å². The van der Waals surface area contributed by atoms with Gasteiger partial charge in [0.15, 0.2) is 11.6 Å². The zero-order valence-electron chi connectivity index (χ0n) is 26.1. The Kier molecular flexibility index (Phi) is 11.6. The minimum absolute atomic E-state index is 0.0163. The highest BCUT2D eigenvalue weighted by Gasteiger charge is 2.17. The maximum Gasteiger partial charge on any atom is 0.336 e. The number of aromatic carboxylic acids is 2. The van der Waals surface area contributed by atoms with Gasteiger partial charge >= 0.3 is 11.9 Å². The van der Waals surface area contributed by atoms with E-state index in [-0.39, 0.29) is 33.8 Å². The Hall–Kier alpha value is -6.94. The number of carboxylic acids is 2. The number of carbonyl (C=O) groups excluding carboxylic acids is 2. The highest BCUT2D eigenvalue weighted by molar-refractivity contribution is 6.06. The molecule has 0 fully saturated rings. The zero-order chi connectivity index (χ0) is 34.5. The molecule has 0 saturated carbocycles. The van der Waals surface area contributed by atoms with Crippen LogP contribution >= 0.6 is 0 Å². The van der Waals surface area contributed by atoms with Crippen molar-refractivity contribution >= 4 is 23.5 Å². The van der Waals surface area contributed by atoms with E-state index in [1.165, 1.54) is 38.1 Å². The van der Waals surface area contributed by atoms with E-state index in [1.807, 2.05) is 91.0 Å². The fraction of sp³-hybridized carbons (Fsp3) is 0.0476. The second kappa shape index (κ2) is 16.4. The number of Topliss-reactive ketones (excluding diaryl/α,β-unsaturated/α-hetero) is 2. The number of rotatable bonds is 4. The van der Waals surface area contributed by atoms with E-state index in [4.69, 9.17) is 5.11 Å². The molecule has 0 saturated heterocycles. The lowest BCUT2D eigenvalue weighted by Gasteiger charge is -2.06. The van der Waals surface area contributed by atoms with Gasteiger partial charge < -0.3 is 10.2 Å². The summed E-state index contributed by atoms with van der Waals surface area (Å²) in [5, 5.41) is 18.6. The molecule has 5 rings (SSSR count). The van der Waals surface area contributed by atoms with Gasteiger partial charge in [-0.25, -0.2) is 9.59 Å². The molecule has 0 aliphatic heterocycles. The molecule has 0 spiro atoms. The molecule has 0 aliphatic rings. The predicted molar refractivity (Wildman–Crippen MR) is 184 cm³/mol. The molecular weight excluding hydrogens is 600 g/mol. The molecule has 6 nitrogen and oxygen atoms in total. The number of hydrogen-bond donors (Lipinski definition) is 2. The van der Waals surface area contributed by atoms with Crippen LogP contribution in [0.3, 0.4) is 0 Å². The van der Waals surface area contributed by atoms with Crippen molar-refractivity contribution < 1.29 is 29.4 Å². The molecule has 48 heavy (non-hydrogen) atoms. The lowest BCUT2D eigenvalue weighted by Crippen LogP contribution is -2.08. The average Bonchev–Trinajstić information content (AvgIpc) is 3.10. The summed E-state index contributed by atoms with van der Waals surface area (Å²) in [7, 11) is 0. The first kappa shape index (κ1) is 33.9. The van der Waals surface area contributed by atoms with Gasteiger partial charge in [-0.2, -0.15) is 0 Å². The Bertz CT molecular complexity index is 2090. The van der Waals surface area contributed by atoms with Gasteiger partial charge in [-0.3, -0.25) is 9.59 Å². The molecule has 0 aromatic heterocycles. The summed E-state index contributed by atoms with van der Waals surface area (Å²) in [5.74, 6) is 15.0. The number of carboxylic acid groups (broad SMARTS) is 2. The summed E-state index contributed by atoms with van der Waals surface area (Å²) in [6.45, 7) is 2.68. The Morgan fingerprint density at radius 1 is 0.396 bits per heavy atom. The number of carbonyl (C=O) groups is 4. The summed E-state index contributed by atoms with van der Waals surface area (Å²) in [5.41, 5.74) is 4.24. The SMILES string of the molecule is CC(=O)c1cc(C#Cc2ccccc2)c(C#Cc2ccccc2)cc1C(=O)O.CC(=O)c1ccc(C#Cc2ccccc2)cc1C(=O)O. The van der Waals surface area contributed by atoms with Gasteiger partial charge in [0.25, 0.3) is 0 Å². The first-order valence-corrected chi connectivity index (χ1v) is 14.6. The molecule has 0 atom stereocenters.